The Hall–Kier alpha value is -2.50. The van der Waals surface area contributed by atoms with Crippen LogP contribution in [0, 0.1) is 0 Å². The molecule has 0 bridgehead atoms. The average Bonchev–Trinajstić information content (AvgIpc) is 2.45. The van der Waals surface area contributed by atoms with E-state index < -0.39 is 0 Å². The molecule has 0 radical (unpaired) electrons. The minimum atomic E-state index is 0.435. The second kappa shape index (κ2) is 5.90. The van der Waals surface area contributed by atoms with Crippen LogP contribution >= 0.6 is 0 Å². The molecule has 0 aliphatic carbocycles. The Balaban J connectivity index is 2.07. The van der Waals surface area contributed by atoms with Crippen molar-refractivity contribution in [2.24, 2.45) is 0 Å². The van der Waals surface area contributed by atoms with Crippen LogP contribution in [0.4, 0.5) is 11.8 Å². The first-order valence-electron chi connectivity index (χ1n) is 5.76. The first kappa shape index (κ1) is 12.9. The number of nitrogen functional groups attached to an aromatic ring is 1. The lowest BCUT2D eigenvalue weighted by Crippen LogP contribution is -2.05. The molecule has 19 heavy (non-hydrogen) atoms. The van der Waals surface area contributed by atoms with Gasteiger partial charge in [0.25, 0.3) is 0 Å². The second-order valence-electron chi connectivity index (χ2n) is 3.85. The van der Waals surface area contributed by atoms with Crippen LogP contribution in [-0.2, 0) is 6.54 Å². The number of ether oxygens (including phenoxy) is 2. The van der Waals surface area contributed by atoms with Crippen molar-refractivity contribution in [3.8, 4) is 11.5 Å². The third kappa shape index (κ3) is 3.25. The Bertz CT molecular complexity index is 560. The monoisotopic (exact) mass is 260 g/mol. The molecule has 1 aromatic heterocycles. The van der Waals surface area contributed by atoms with Crippen molar-refractivity contribution in [1.82, 2.24) is 9.97 Å². The predicted octanol–water partition coefficient (Wildman–Crippen LogP) is 1.69. The molecule has 0 aliphatic heterocycles. The zero-order valence-corrected chi connectivity index (χ0v) is 10.9. The summed E-state index contributed by atoms with van der Waals surface area (Å²) in [6.45, 7) is 0.573. The van der Waals surface area contributed by atoms with Gasteiger partial charge in [-0.25, -0.2) is 4.98 Å². The number of rotatable bonds is 5. The minimum Gasteiger partial charge on any atom is -0.493 e. The van der Waals surface area contributed by atoms with Crippen LogP contribution < -0.4 is 20.5 Å². The SMILES string of the molecule is COc1ccc(CNc2nccc(N)n2)cc1OC. The Morgan fingerprint density at radius 1 is 1.16 bits per heavy atom. The summed E-state index contributed by atoms with van der Waals surface area (Å²) in [6.07, 6.45) is 1.61. The summed E-state index contributed by atoms with van der Waals surface area (Å²) in [4.78, 5) is 8.14. The summed E-state index contributed by atoms with van der Waals surface area (Å²) in [5.41, 5.74) is 6.61. The molecule has 6 nitrogen and oxygen atoms in total. The summed E-state index contributed by atoms with van der Waals surface area (Å²) in [5.74, 6) is 2.32. The Kier molecular flexibility index (Phi) is 4.02. The third-order valence-corrected chi connectivity index (χ3v) is 2.58. The van der Waals surface area contributed by atoms with Gasteiger partial charge in [-0.3, -0.25) is 0 Å². The van der Waals surface area contributed by atoms with E-state index in [1.807, 2.05) is 18.2 Å². The molecule has 0 aliphatic rings. The lowest BCUT2D eigenvalue weighted by Gasteiger charge is -2.10. The van der Waals surface area contributed by atoms with Crippen LogP contribution in [0.1, 0.15) is 5.56 Å². The molecule has 0 saturated carbocycles. The maximum atomic E-state index is 5.58. The minimum absolute atomic E-state index is 0.435. The second-order valence-corrected chi connectivity index (χ2v) is 3.85. The van der Waals surface area contributed by atoms with Gasteiger partial charge in [-0.05, 0) is 23.8 Å². The molecule has 0 fully saturated rings. The first-order chi connectivity index (χ1) is 9.22. The number of hydrogen-bond donors (Lipinski definition) is 2. The molecule has 1 aromatic carbocycles. The summed E-state index contributed by atoms with van der Waals surface area (Å²) in [6, 6.07) is 7.34. The van der Waals surface area contributed by atoms with E-state index in [4.69, 9.17) is 15.2 Å². The van der Waals surface area contributed by atoms with Crippen molar-refractivity contribution >= 4 is 11.8 Å². The number of nitrogens with one attached hydrogen (secondary N) is 1. The van der Waals surface area contributed by atoms with Gasteiger partial charge in [-0.1, -0.05) is 6.07 Å². The van der Waals surface area contributed by atoms with E-state index in [1.165, 1.54) is 0 Å². The van der Waals surface area contributed by atoms with Crippen molar-refractivity contribution in [1.29, 1.82) is 0 Å². The van der Waals surface area contributed by atoms with E-state index in [0.717, 1.165) is 5.56 Å². The molecule has 6 heteroatoms. The maximum Gasteiger partial charge on any atom is 0.224 e. The molecule has 100 valence electrons. The lowest BCUT2D eigenvalue weighted by molar-refractivity contribution is 0.354. The van der Waals surface area contributed by atoms with Gasteiger partial charge >= 0.3 is 0 Å². The predicted molar refractivity (Wildman–Crippen MR) is 73.3 cm³/mol. The van der Waals surface area contributed by atoms with Crippen molar-refractivity contribution in [3.05, 3.63) is 36.0 Å². The van der Waals surface area contributed by atoms with E-state index >= 15 is 0 Å². The first-order valence-corrected chi connectivity index (χ1v) is 5.76. The van der Waals surface area contributed by atoms with Gasteiger partial charge in [-0.15, -0.1) is 0 Å². The smallest absolute Gasteiger partial charge is 0.224 e. The molecule has 0 amide bonds. The van der Waals surface area contributed by atoms with E-state index in [9.17, 15) is 0 Å². The highest BCUT2D eigenvalue weighted by atomic mass is 16.5. The molecular weight excluding hydrogens is 244 g/mol. The number of nitrogens with zero attached hydrogens (tertiary/aromatic N) is 2. The Labute approximate surface area is 111 Å². The zero-order valence-electron chi connectivity index (χ0n) is 10.9. The molecule has 2 rings (SSSR count). The van der Waals surface area contributed by atoms with Crippen molar-refractivity contribution in [2.75, 3.05) is 25.3 Å². The van der Waals surface area contributed by atoms with E-state index in [2.05, 4.69) is 15.3 Å². The van der Waals surface area contributed by atoms with E-state index in [1.54, 1.807) is 26.5 Å². The Morgan fingerprint density at radius 2 is 1.95 bits per heavy atom. The summed E-state index contributed by atoms with van der Waals surface area (Å²) in [7, 11) is 3.21. The van der Waals surface area contributed by atoms with Crippen LogP contribution in [0.2, 0.25) is 0 Å². The van der Waals surface area contributed by atoms with Crippen molar-refractivity contribution in [3.63, 3.8) is 0 Å². The molecular formula is C13H16N4O2. The fourth-order valence-electron chi connectivity index (χ4n) is 1.63. The summed E-state index contributed by atoms with van der Waals surface area (Å²) >= 11 is 0. The number of hydrogen-bond acceptors (Lipinski definition) is 6. The number of anilines is 2. The molecule has 1 heterocycles. The van der Waals surface area contributed by atoms with Crippen LogP contribution in [0.5, 0.6) is 11.5 Å². The Morgan fingerprint density at radius 3 is 2.63 bits per heavy atom. The quantitative estimate of drug-likeness (QED) is 0.851. The molecule has 0 saturated heterocycles. The molecule has 0 unspecified atom stereocenters. The maximum absolute atomic E-state index is 5.58. The van der Waals surface area contributed by atoms with Gasteiger partial charge in [0.1, 0.15) is 5.82 Å². The van der Waals surface area contributed by atoms with Crippen LogP contribution in [0.25, 0.3) is 0 Å². The summed E-state index contributed by atoms with van der Waals surface area (Å²) in [5, 5.41) is 3.09. The topological polar surface area (TPSA) is 82.3 Å². The van der Waals surface area contributed by atoms with Gasteiger partial charge in [0.15, 0.2) is 11.5 Å². The fourth-order valence-corrected chi connectivity index (χ4v) is 1.63. The average molecular weight is 260 g/mol. The molecule has 0 spiro atoms. The van der Waals surface area contributed by atoms with Gasteiger partial charge in [0, 0.05) is 12.7 Å². The van der Waals surface area contributed by atoms with Crippen LogP contribution in [0.3, 0.4) is 0 Å². The highest BCUT2D eigenvalue weighted by Gasteiger charge is 2.04. The molecule has 0 atom stereocenters. The van der Waals surface area contributed by atoms with Gasteiger partial charge in [0.2, 0.25) is 5.95 Å². The zero-order chi connectivity index (χ0) is 13.7. The normalized spacial score (nSPS) is 10.0. The number of aromatic nitrogens is 2. The summed E-state index contributed by atoms with van der Waals surface area (Å²) < 4.78 is 10.4. The van der Waals surface area contributed by atoms with Gasteiger partial charge < -0.3 is 20.5 Å². The fraction of sp³-hybridized carbons (Fsp3) is 0.231. The largest absolute Gasteiger partial charge is 0.493 e. The standard InChI is InChI=1S/C13H16N4O2/c1-18-10-4-3-9(7-11(10)19-2)8-16-13-15-6-5-12(14)17-13/h3-7H,8H2,1-2H3,(H3,14,15,16,17). The van der Waals surface area contributed by atoms with E-state index in [0.29, 0.717) is 29.8 Å². The van der Waals surface area contributed by atoms with Gasteiger partial charge in [0.05, 0.1) is 14.2 Å². The molecule has 3 N–H and O–H groups in total. The highest BCUT2D eigenvalue weighted by molar-refractivity contribution is 5.44. The van der Waals surface area contributed by atoms with Crippen molar-refractivity contribution < 1.29 is 9.47 Å². The number of nitrogens with two attached hydrogens (primary N) is 1. The van der Waals surface area contributed by atoms with Crippen LogP contribution in [0.15, 0.2) is 30.5 Å². The van der Waals surface area contributed by atoms with Crippen LogP contribution in [-0.4, -0.2) is 24.2 Å². The van der Waals surface area contributed by atoms with Gasteiger partial charge in [-0.2, -0.15) is 4.98 Å². The van der Waals surface area contributed by atoms with Crippen molar-refractivity contribution in [2.45, 2.75) is 6.54 Å². The van der Waals surface area contributed by atoms with E-state index in [-0.39, 0.29) is 0 Å². The third-order valence-electron chi connectivity index (χ3n) is 2.58. The highest BCUT2D eigenvalue weighted by Crippen LogP contribution is 2.27. The number of methoxy groups -OCH3 is 2. The molecule has 2 aromatic rings. The lowest BCUT2D eigenvalue weighted by atomic mass is 10.2. The number of benzene rings is 1.